The van der Waals surface area contributed by atoms with Gasteiger partial charge in [0.2, 0.25) is 5.76 Å². The molecule has 0 spiro atoms. The Balaban J connectivity index is 1.68. The highest BCUT2D eigenvalue weighted by molar-refractivity contribution is 6.03. The van der Waals surface area contributed by atoms with Crippen LogP contribution in [-0.4, -0.2) is 24.4 Å². The van der Waals surface area contributed by atoms with Crippen LogP contribution >= 0.6 is 0 Å². The first-order valence-electron chi connectivity index (χ1n) is 7.84. The molecule has 8 heteroatoms. The molecule has 1 heterocycles. The highest BCUT2D eigenvalue weighted by Gasteiger charge is 2.16. The quantitative estimate of drug-likeness (QED) is 0.661. The average molecular weight is 366 g/mol. The lowest BCUT2D eigenvalue weighted by atomic mass is 10.1. The summed E-state index contributed by atoms with van der Waals surface area (Å²) in [6.07, 6.45) is 0. The Labute approximate surface area is 152 Å². The Morgan fingerprint density at radius 1 is 1.04 bits per heavy atom. The summed E-state index contributed by atoms with van der Waals surface area (Å²) in [4.78, 5) is 47.4. The van der Waals surface area contributed by atoms with Crippen molar-refractivity contribution in [1.29, 1.82) is 0 Å². The highest BCUT2D eigenvalue weighted by atomic mass is 16.5. The van der Waals surface area contributed by atoms with Crippen molar-refractivity contribution in [2.75, 3.05) is 11.9 Å². The molecular weight excluding hydrogens is 352 g/mol. The number of benzene rings is 2. The molecule has 0 fully saturated rings. The molecule has 1 aromatic heterocycles. The van der Waals surface area contributed by atoms with Crippen molar-refractivity contribution in [3.63, 3.8) is 0 Å². The third-order valence-electron chi connectivity index (χ3n) is 3.64. The van der Waals surface area contributed by atoms with Crippen LogP contribution in [0.3, 0.4) is 0 Å². The number of rotatable bonds is 5. The summed E-state index contributed by atoms with van der Waals surface area (Å²) < 4.78 is 10.2. The van der Waals surface area contributed by atoms with E-state index in [0.717, 1.165) is 6.07 Å². The second-order valence-electron chi connectivity index (χ2n) is 5.51. The van der Waals surface area contributed by atoms with E-state index >= 15 is 0 Å². The standard InChI is InChI=1S/C19H14N2O6/c20-18(24)11-5-1-3-7-13(11)21-17(23)10-26-19(25)16-9-14(22)12-6-2-4-8-15(12)27-16/h1-9H,10H2,(H2,20,24)(H,21,23). The Morgan fingerprint density at radius 2 is 1.74 bits per heavy atom. The summed E-state index contributed by atoms with van der Waals surface area (Å²) in [5.74, 6) is -2.67. The largest absolute Gasteiger partial charge is 0.450 e. The average Bonchev–Trinajstić information content (AvgIpc) is 2.66. The van der Waals surface area contributed by atoms with Crippen LogP contribution in [0.1, 0.15) is 20.9 Å². The number of carbonyl (C=O) groups excluding carboxylic acids is 3. The fourth-order valence-corrected chi connectivity index (χ4v) is 2.40. The van der Waals surface area contributed by atoms with Gasteiger partial charge in [-0.15, -0.1) is 0 Å². The van der Waals surface area contributed by atoms with Crippen molar-refractivity contribution >= 4 is 34.4 Å². The van der Waals surface area contributed by atoms with Gasteiger partial charge in [-0.25, -0.2) is 4.79 Å². The van der Waals surface area contributed by atoms with E-state index in [1.165, 1.54) is 12.1 Å². The number of amides is 2. The molecular formula is C19H14N2O6. The van der Waals surface area contributed by atoms with Crippen molar-refractivity contribution in [2.45, 2.75) is 0 Å². The SMILES string of the molecule is NC(=O)c1ccccc1NC(=O)COC(=O)c1cc(=O)c2ccccc2o1. The fraction of sp³-hybridized carbons (Fsp3) is 0.0526. The van der Waals surface area contributed by atoms with E-state index in [1.54, 1.807) is 36.4 Å². The number of anilines is 1. The molecule has 3 N–H and O–H groups in total. The van der Waals surface area contributed by atoms with Crippen molar-refractivity contribution in [3.8, 4) is 0 Å². The first kappa shape index (κ1) is 17.9. The lowest BCUT2D eigenvalue weighted by molar-refractivity contribution is -0.119. The van der Waals surface area contributed by atoms with Gasteiger partial charge in [-0.2, -0.15) is 0 Å². The first-order valence-corrected chi connectivity index (χ1v) is 7.84. The van der Waals surface area contributed by atoms with Gasteiger partial charge < -0.3 is 20.2 Å². The molecule has 0 aliphatic carbocycles. The van der Waals surface area contributed by atoms with Crippen LogP contribution in [-0.2, 0) is 9.53 Å². The summed E-state index contributed by atoms with van der Waals surface area (Å²) in [6.45, 7) is -0.636. The van der Waals surface area contributed by atoms with Gasteiger partial charge in [-0.3, -0.25) is 14.4 Å². The Kier molecular flexibility index (Phi) is 4.98. The maximum Gasteiger partial charge on any atom is 0.374 e. The number of fused-ring (bicyclic) bond motifs is 1. The van der Waals surface area contributed by atoms with Crippen LogP contribution in [0, 0.1) is 0 Å². The Bertz CT molecular complexity index is 1100. The number of carbonyl (C=O) groups is 3. The molecule has 0 saturated carbocycles. The zero-order valence-electron chi connectivity index (χ0n) is 13.9. The highest BCUT2D eigenvalue weighted by Crippen LogP contribution is 2.15. The van der Waals surface area contributed by atoms with E-state index in [0.29, 0.717) is 5.39 Å². The molecule has 3 rings (SSSR count). The minimum absolute atomic E-state index is 0.123. The van der Waals surface area contributed by atoms with Gasteiger partial charge >= 0.3 is 5.97 Å². The first-order chi connectivity index (χ1) is 13.0. The molecule has 0 aliphatic rings. The molecule has 8 nitrogen and oxygen atoms in total. The van der Waals surface area contributed by atoms with E-state index in [-0.39, 0.29) is 22.6 Å². The summed E-state index contributed by atoms with van der Waals surface area (Å²) >= 11 is 0. The lowest BCUT2D eigenvalue weighted by Crippen LogP contribution is -2.23. The van der Waals surface area contributed by atoms with Crippen LogP contribution in [0.25, 0.3) is 11.0 Å². The number of hydrogen-bond acceptors (Lipinski definition) is 6. The van der Waals surface area contributed by atoms with Crippen molar-refractivity contribution < 1.29 is 23.5 Å². The predicted octanol–water partition coefficient (Wildman–Crippen LogP) is 1.69. The summed E-state index contributed by atoms with van der Waals surface area (Å²) in [5, 5.41) is 2.76. The van der Waals surface area contributed by atoms with Crippen molar-refractivity contribution in [2.24, 2.45) is 5.73 Å². The number of nitrogens with two attached hydrogens (primary N) is 1. The minimum Gasteiger partial charge on any atom is -0.450 e. The van der Waals surface area contributed by atoms with Gasteiger partial charge in [0.15, 0.2) is 12.0 Å². The number of ether oxygens (including phenoxy) is 1. The van der Waals surface area contributed by atoms with Crippen LogP contribution < -0.4 is 16.5 Å². The Morgan fingerprint density at radius 3 is 2.52 bits per heavy atom. The molecule has 0 aliphatic heterocycles. The van der Waals surface area contributed by atoms with Crippen LogP contribution in [0.5, 0.6) is 0 Å². The second kappa shape index (κ2) is 7.52. The fourth-order valence-electron chi connectivity index (χ4n) is 2.40. The molecule has 0 bridgehead atoms. The molecule has 0 unspecified atom stereocenters. The monoisotopic (exact) mass is 366 g/mol. The Hall–Kier alpha value is -3.94. The van der Waals surface area contributed by atoms with E-state index in [1.807, 2.05) is 0 Å². The molecule has 0 atom stereocenters. The van der Waals surface area contributed by atoms with Gasteiger partial charge in [0, 0.05) is 6.07 Å². The van der Waals surface area contributed by atoms with Crippen LogP contribution in [0.4, 0.5) is 5.69 Å². The molecule has 0 radical (unpaired) electrons. The predicted molar refractivity (Wildman–Crippen MR) is 96.4 cm³/mol. The zero-order valence-corrected chi connectivity index (χ0v) is 13.9. The number of para-hydroxylation sites is 2. The molecule has 27 heavy (non-hydrogen) atoms. The molecule has 3 aromatic rings. The van der Waals surface area contributed by atoms with E-state index in [2.05, 4.69) is 5.32 Å². The number of esters is 1. The van der Waals surface area contributed by atoms with Crippen LogP contribution in [0.2, 0.25) is 0 Å². The minimum atomic E-state index is -0.962. The normalized spacial score (nSPS) is 10.4. The second-order valence-corrected chi connectivity index (χ2v) is 5.51. The summed E-state index contributed by atoms with van der Waals surface area (Å²) in [5.41, 5.74) is 5.38. The maximum absolute atomic E-state index is 12.1. The topological polar surface area (TPSA) is 129 Å². The van der Waals surface area contributed by atoms with Gasteiger partial charge in [0.1, 0.15) is 5.58 Å². The molecule has 0 saturated heterocycles. The van der Waals surface area contributed by atoms with Crippen LogP contribution in [0.15, 0.2) is 63.8 Å². The van der Waals surface area contributed by atoms with Gasteiger partial charge in [-0.05, 0) is 24.3 Å². The summed E-state index contributed by atoms with van der Waals surface area (Å²) in [7, 11) is 0. The lowest BCUT2D eigenvalue weighted by Gasteiger charge is -2.09. The molecule has 2 amide bonds. The van der Waals surface area contributed by atoms with Gasteiger partial charge in [0.05, 0.1) is 16.6 Å². The van der Waals surface area contributed by atoms with E-state index in [4.69, 9.17) is 14.9 Å². The smallest absolute Gasteiger partial charge is 0.374 e. The van der Waals surface area contributed by atoms with Gasteiger partial charge in [-0.1, -0.05) is 24.3 Å². The zero-order chi connectivity index (χ0) is 19.4. The number of hydrogen-bond donors (Lipinski definition) is 2. The van der Waals surface area contributed by atoms with E-state index in [9.17, 15) is 19.2 Å². The molecule has 2 aromatic carbocycles. The third-order valence-corrected chi connectivity index (χ3v) is 3.64. The molecule has 136 valence electrons. The number of primary amides is 1. The van der Waals surface area contributed by atoms with Crippen molar-refractivity contribution in [1.82, 2.24) is 0 Å². The third kappa shape index (κ3) is 4.01. The van der Waals surface area contributed by atoms with Crippen molar-refractivity contribution in [3.05, 3.63) is 76.1 Å². The van der Waals surface area contributed by atoms with Gasteiger partial charge in [0.25, 0.3) is 11.8 Å². The number of nitrogens with one attached hydrogen (secondary N) is 1. The maximum atomic E-state index is 12.1. The van der Waals surface area contributed by atoms with E-state index < -0.39 is 29.8 Å². The summed E-state index contributed by atoms with van der Waals surface area (Å²) in [6, 6.07) is 13.6.